The number of carbonyl (C=O) groups is 3. The molecule has 4 aromatic heterocycles. The maximum Gasteiger partial charge on any atom is 0.294 e. The zero-order chi connectivity index (χ0) is 43.1. The van der Waals surface area contributed by atoms with Gasteiger partial charge in [0.05, 0.1) is 40.9 Å². The number of likely N-dealkylation sites (N-methyl/N-ethyl adjacent to an activating group) is 1. The second-order valence-corrected chi connectivity index (χ2v) is 16.9. The lowest BCUT2D eigenvalue weighted by Gasteiger charge is -2.42. The lowest BCUT2D eigenvalue weighted by atomic mass is 9.86. The summed E-state index contributed by atoms with van der Waals surface area (Å²) in [6.07, 6.45) is 4.74. The molecule has 3 atom stereocenters. The third-order valence-electron chi connectivity index (χ3n) is 12.1. The average molecular weight is 857 g/mol. The van der Waals surface area contributed by atoms with Gasteiger partial charge in [-0.05, 0) is 62.8 Å². The minimum atomic E-state index is -0.591. The highest BCUT2D eigenvalue weighted by molar-refractivity contribution is 6.33. The topological polar surface area (TPSA) is 185 Å². The molecule has 0 aliphatic carbocycles. The van der Waals surface area contributed by atoms with E-state index >= 15 is 4.39 Å². The minimum Gasteiger partial charge on any atom is -0.478 e. The molecule has 322 valence electrons. The molecule has 3 aliphatic heterocycles. The van der Waals surface area contributed by atoms with Crippen molar-refractivity contribution in [3.05, 3.63) is 63.5 Å². The van der Waals surface area contributed by atoms with Crippen LogP contribution >= 0.6 is 11.6 Å². The fraction of sp³-hybridized carbons (Fsp3) is 0.476. The van der Waals surface area contributed by atoms with Crippen molar-refractivity contribution in [2.75, 3.05) is 74.6 Å². The number of ether oxygens (including phenoxy) is 1. The van der Waals surface area contributed by atoms with E-state index in [4.69, 9.17) is 21.3 Å². The third kappa shape index (κ3) is 8.55. The molecule has 3 fully saturated rings. The molecule has 3 N–H and O–H groups in total. The molecule has 5 aromatic rings. The molecule has 1 aromatic carbocycles. The second kappa shape index (κ2) is 17.2. The third-order valence-corrected chi connectivity index (χ3v) is 12.4. The molecule has 0 saturated carbocycles. The van der Waals surface area contributed by atoms with Crippen molar-refractivity contribution < 1.29 is 23.5 Å². The van der Waals surface area contributed by atoms with Crippen molar-refractivity contribution in [3.63, 3.8) is 0 Å². The van der Waals surface area contributed by atoms with Crippen molar-refractivity contribution in [3.8, 4) is 5.75 Å². The van der Waals surface area contributed by atoms with Gasteiger partial charge in [0.25, 0.3) is 11.5 Å². The highest BCUT2D eigenvalue weighted by Crippen LogP contribution is 2.35. The van der Waals surface area contributed by atoms with Crippen LogP contribution in [0.25, 0.3) is 21.9 Å². The van der Waals surface area contributed by atoms with E-state index in [1.165, 1.54) is 17.7 Å². The summed E-state index contributed by atoms with van der Waals surface area (Å²) in [6.45, 7) is 11.2. The smallest absolute Gasteiger partial charge is 0.294 e. The summed E-state index contributed by atoms with van der Waals surface area (Å²) in [5.74, 6) is -0.139. The van der Waals surface area contributed by atoms with Crippen LogP contribution in [0.5, 0.6) is 5.75 Å². The average Bonchev–Trinajstić information content (AvgIpc) is 3.55. The number of piperazine rings is 1. The molecule has 3 saturated heterocycles. The number of hydrogen-bond donors (Lipinski definition) is 3. The maximum atomic E-state index is 15.7. The maximum absolute atomic E-state index is 15.7. The number of aromatic nitrogens is 6. The Morgan fingerprint density at radius 3 is 2.54 bits per heavy atom. The Morgan fingerprint density at radius 2 is 1.82 bits per heavy atom. The molecule has 8 rings (SSSR count). The normalized spacial score (nSPS) is 20.1. The van der Waals surface area contributed by atoms with Crippen molar-refractivity contribution in [1.82, 2.24) is 44.8 Å². The summed E-state index contributed by atoms with van der Waals surface area (Å²) in [5, 5.41) is 14.3. The quantitative estimate of drug-likeness (QED) is 0.162. The fourth-order valence-corrected chi connectivity index (χ4v) is 8.84. The van der Waals surface area contributed by atoms with Gasteiger partial charge in [0.15, 0.2) is 18.2 Å². The number of benzene rings is 1. The number of carbonyl (C=O) groups excluding carboxylic acids is 3. The highest BCUT2D eigenvalue weighted by Gasteiger charge is 2.34. The zero-order valence-electron chi connectivity index (χ0n) is 34.9. The van der Waals surface area contributed by atoms with E-state index < -0.39 is 5.92 Å². The number of amides is 3. The van der Waals surface area contributed by atoms with Gasteiger partial charge >= 0.3 is 0 Å². The van der Waals surface area contributed by atoms with E-state index in [1.54, 1.807) is 30.2 Å². The minimum absolute atomic E-state index is 0.0462. The first kappa shape index (κ1) is 41.8. The number of nitrogens with one attached hydrogen (secondary N) is 3. The molecule has 3 unspecified atom stereocenters. The van der Waals surface area contributed by atoms with Gasteiger partial charge < -0.3 is 25.2 Å². The summed E-state index contributed by atoms with van der Waals surface area (Å²) >= 11 is 6.60. The number of piperidine rings is 2. The SMILES string of the molecule is CNC(=O)COc1cc2cc(Nc3nc(N4CCC(CN5CCN(c6cc7c(cc6F)c(C6CCC(=O)NC6=O)nn7C)CC5)C(C)C4)ncc3Cl)cnc2n(C(C)C)c1=O. The van der Waals surface area contributed by atoms with E-state index in [-0.39, 0.29) is 53.9 Å². The molecule has 0 radical (unpaired) electrons. The summed E-state index contributed by atoms with van der Waals surface area (Å²) < 4.78 is 24.6. The molecule has 0 bridgehead atoms. The fourth-order valence-electron chi connectivity index (χ4n) is 8.70. The highest BCUT2D eigenvalue weighted by atomic mass is 35.5. The van der Waals surface area contributed by atoms with Crippen LogP contribution in [0.2, 0.25) is 5.02 Å². The zero-order valence-corrected chi connectivity index (χ0v) is 35.6. The van der Waals surface area contributed by atoms with Gasteiger partial charge in [-0.3, -0.25) is 38.6 Å². The number of hydrogen-bond acceptors (Lipinski definition) is 13. The molecule has 19 heteroatoms. The first-order valence-electron chi connectivity index (χ1n) is 20.7. The van der Waals surface area contributed by atoms with Crippen LogP contribution in [0, 0.1) is 17.7 Å². The van der Waals surface area contributed by atoms with Gasteiger partial charge in [-0.2, -0.15) is 10.1 Å². The van der Waals surface area contributed by atoms with Crippen LogP contribution in [0.1, 0.15) is 57.7 Å². The number of imide groups is 1. The Balaban J connectivity index is 0.888. The summed E-state index contributed by atoms with van der Waals surface area (Å²) in [4.78, 5) is 70.1. The van der Waals surface area contributed by atoms with Gasteiger partial charge in [-0.15, -0.1) is 0 Å². The standard InChI is InChI=1S/C42H50ClFN12O5/c1-23(2)56-39-26(15-34(41(56)60)61-22-36(58)45-4)14-27(18-46-39)48-38-30(43)19-47-42(50-38)55-9-8-25(24(3)20-55)21-53-10-12-54(13-11-53)33-17-32-29(16-31(33)44)37(51-52(32)5)28-6-7-35(57)49-40(28)59/h14-19,23-25,28H,6-13,20-22H2,1-5H3,(H,45,58)(H,47,48,50)(H,49,57,59). The lowest BCUT2D eigenvalue weighted by Crippen LogP contribution is -2.50. The molecule has 3 amide bonds. The first-order chi connectivity index (χ1) is 29.3. The molecule has 0 spiro atoms. The Bertz CT molecular complexity index is 2570. The van der Waals surface area contributed by atoms with Gasteiger partial charge in [-0.1, -0.05) is 18.5 Å². The van der Waals surface area contributed by atoms with E-state index in [9.17, 15) is 19.2 Å². The number of aryl methyl sites for hydroxylation is 1. The predicted molar refractivity (Wildman–Crippen MR) is 230 cm³/mol. The van der Waals surface area contributed by atoms with Crippen LogP contribution in [0.3, 0.4) is 0 Å². The molecule has 17 nitrogen and oxygen atoms in total. The molecule has 7 heterocycles. The van der Waals surface area contributed by atoms with Gasteiger partial charge in [0.2, 0.25) is 17.8 Å². The number of rotatable bonds is 11. The molecule has 3 aliphatic rings. The van der Waals surface area contributed by atoms with Crippen LogP contribution < -0.4 is 36.0 Å². The Labute approximate surface area is 356 Å². The molecule has 61 heavy (non-hydrogen) atoms. The Hall–Kier alpha value is -5.88. The van der Waals surface area contributed by atoms with Crippen LogP contribution in [-0.2, 0) is 21.4 Å². The summed E-state index contributed by atoms with van der Waals surface area (Å²) in [5.41, 5.74) is 2.47. The van der Waals surface area contributed by atoms with Crippen LogP contribution in [0.15, 0.2) is 41.5 Å². The molecular formula is C42H50ClFN12O5. The van der Waals surface area contributed by atoms with E-state index in [0.29, 0.717) is 81.6 Å². The van der Waals surface area contributed by atoms with E-state index in [1.807, 2.05) is 26.0 Å². The summed E-state index contributed by atoms with van der Waals surface area (Å²) in [6, 6.07) is 6.52. The van der Waals surface area contributed by atoms with E-state index in [2.05, 4.69) is 52.6 Å². The van der Waals surface area contributed by atoms with Crippen molar-refractivity contribution >= 4 is 74.4 Å². The second-order valence-electron chi connectivity index (χ2n) is 16.5. The van der Waals surface area contributed by atoms with Gasteiger partial charge in [0.1, 0.15) is 16.5 Å². The number of fused-ring (bicyclic) bond motifs is 2. The van der Waals surface area contributed by atoms with Crippen LogP contribution in [-0.4, -0.2) is 111 Å². The summed E-state index contributed by atoms with van der Waals surface area (Å²) in [7, 11) is 3.29. The van der Waals surface area contributed by atoms with Gasteiger partial charge in [0, 0.05) is 83.1 Å². The first-order valence-corrected chi connectivity index (χ1v) is 21.1. The number of pyridine rings is 2. The lowest BCUT2D eigenvalue weighted by molar-refractivity contribution is -0.134. The predicted octanol–water partition coefficient (Wildman–Crippen LogP) is 4.12. The van der Waals surface area contributed by atoms with Crippen LogP contribution in [0.4, 0.5) is 27.5 Å². The number of nitrogens with zero attached hydrogens (tertiary/aromatic N) is 9. The van der Waals surface area contributed by atoms with Crippen molar-refractivity contribution in [1.29, 1.82) is 0 Å². The largest absolute Gasteiger partial charge is 0.478 e. The van der Waals surface area contributed by atoms with Crippen molar-refractivity contribution in [2.45, 2.75) is 52.0 Å². The van der Waals surface area contributed by atoms with Crippen molar-refractivity contribution in [2.24, 2.45) is 18.9 Å². The monoisotopic (exact) mass is 856 g/mol. The van der Waals surface area contributed by atoms with E-state index in [0.717, 1.165) is 44.7 Å². The number of halogens is 2. The number of anilines is 4. The Morgan fingerprint density at radius 1 is 1.03 bits per heavy atom. The molecular weight excluding hydrogens is 807 g/mol. The van der Waals surface area contributed by atoms with Gasteiger partial charge in [-0.25, -0.2) is 14.4 Å². The Kier molecular flexibility index (Phi) is 11.8.